The number of rotatable bonds is 22. The topological polar surface area (TPSA) is 380 Å². The van der Waals surface area contributed by atoms with Gasteiger partial charge in [-0.3, -0.25) is 9.59 Å². The van der Waals surface area contributed by atoms with E-state index in [1.54, 1.807) is 0 Å². The van der Waals surface area contributed by atoms with Gasteiger partial charge in [0, 0.05) is 13.0 Å². The predicted molar refractivity (Wildman–Crippen MR) is 306 cm³/mol. The quantitative estimate of drug-likeness (QED) is 0.0312. The lowest BCUT2D eigenvalue weighted by atomic mass is 9.33. The monoisotopic (exact) mass is 1240 g/mol. The van der Waals surface area contributed by atoms with E-state index in [4.69, 9.17) is 37.9 Å². The molecule has 24 heteroatoms. The smallest absolute Gasteiger partial charge is 0.317 e. The summed E-state index contributed by atoms with van der Waals surface area (Å²) in [6.07, 6.45) is -13.2. The Kier molecular flexibility index (Phi) is 21.6. The van der Waals surface area contributed by atoms with Gasteiger partial charge in [0.05, 0.1) is 49.6 Å². The summed E-state index contributed by atoms with van der Waals surface area (Å²) in [5.41, 5.74) is -2.95. The van der Waals surface area contributed by atoms with Crippen LogP contribution < -0.4 is 5.32 Å². The van der Waals surface area contributed by atoms with Crippen molar-refractivity contribution in [3.05, 3.63) is 11.6 Å². The number of aliphatic hydroxyl groups excluding tert-OH is 12. The summed E-state index contributed by atoms with van der Waals surface area (Å²) in [7, 11) is 0. The maximum atomic E-state index is 15.7. The van der Waals surface area contributed by atoms with E-state index in [-0.39, 0.29) is 47.3 Å². The second kappa shape index (κ2) is 27.3. The lowest BCUT2D eigenvalue weighted by Crippen LogP contribution is -2.69. The van der Waals surface area contributed by atoms with Crippen LogP contribution in [0.15, 0.2) is 11.6 Å². The molecule has 87 heavy (non-hydrogen) atoms. The minimum atomic E-state index is -1.96. The highest BCUT2D eigenvalue weighted by Gasteiger charge is 2.72. The molecule has 4 saturated carbocycles. The van der Waals surface area contributed by atoms with E-state index in [0.717, 1.165) is 56.8 Å². The molecule has 4 heterocycles. The zero-order chi connectivity index (χ0) is 63.3. The van der Waals surface area contributed by atoms with Crippen LogP contribution in [0.25, 0.3) is 0 Å². The molecule has 24 nitrogen and oxygen atoms in total. The second-order valence-corrected chi connectivity index (χ2v) is 29.0. The van der Waals surface area contributed by atoms with E-state index >= 15 is 4.79 Å². The highest BCUT2D eigenvalue weighted by molar-refractivity contribution is 5.80. The molecule has 0 aromatic carbocycles. The van der Waals surface area contributed by atoms with Gasteiger partial charge in [0.2, 0.25) is 12.2 Å². The van der Waals surface area contributed by atoms with Gasteiger partial charge in [-0.1, -0.05) is 91.7 Å². The van der Waals surface area contributed by atoms with Gasteiger partial charge in [0.1, 0.15) is 78.8 Å². The molecule has 13 unspecified atom stereocenters. The molecule has 8 fully saturated rings. The summed E-state index contributed by atoms with van der Waals surface area (Å²) < 4.78 is 47.5. The highest BCUT2D eigenvalue weighted by atomic mass is 16.8. The van der Waals surface area contributed by atoms with Gasteiger partial charge in [0.15, 0.2) is 25.0 Å². The molecule has 28 atom stereocenters. The number of carbonyl (C=O) groups excluding carboxylic acids is 3. The van der Waals surface area contributed by atoms with Gasteiger partial charge < -0.3 is 109 Å². The van der Waals surface area contributed by atoms with Crippen molar-refractivity contribution in [2.45, 2.75) is 287 Å². The lowest BCUT2D eigenvalue weighted by Gasteiger charge is -2.71. The van der Waals surface area contributed by atoms with Crippen molar-refractivity contribution in [3.8, 4) is 0 Å². The standard InChI is InChI=1S/C63H103NO23/c1-32-51(85-54-48(76)44(72)35(68)30-81-54)47(75)50(78)55(82-32)86-52-46(74)43(64-42(71)16-14-12-10-8-9-11-13-15-25-80-53-49(77)45(73)37(29-66)84-53)36(28-65)83-56(52)87-57(79)63-24-23-58(2,3)26-34(63)33-17-18-39-59(4)21-20-40(69)60(5,31-67)38(59)19-22-61(39,6)62(33,7)27-41(63)70/h17,31-32,34-41,43-56,65-66,68-70,72-78H,8-16,18-30H2,1-7H3,(H,64,71)/t32-,34?,35-,36-,37+,38-,39?,40+,41+,43+,44?,45?,46?,47?,48?,49?,50?,51+,52?,53-,54+,55+,56+,59?,60?,61?,62-,63-/m1/s1. The lowest BCUT2D eigenvalue weighted by molar-refractivity contribution is -0.370. The Morgan fingerprint density at radius 2 is 1.28 bits per heavy atom. The Balaban J connectivity index is 0.901. The molecular weight excluding hydrogens is 1140 g/mol. The van der Waals surface area contributed by atoms with Crippen LogP contribution >= 0.6 is 0 Å². The Morgan fingerprint density at radius 1 is 0.644 bits per heavy atom. The third kappa shape index (κ3) is 12.8. The van der Waals surface area contributed by atoms with Gasteiger partial charge in [-0.15, -0.1) is 0 Å². The zero-order valence-electron chi connectivity index (χ0n) is 51.8. The first-order chi connectivity index (χ1) is 41.1. The second-order valence-electron chi connectivity index (χ2n) is 29.0. The van der Waals surface area contributed by atoms with Gasteiger partial charge >= 0.3 is 5.97 Å². The van der Waals surface area contributed by atoms with E-state index < -0.39 is 177 Å². The number of hydrogen-bond acceptors (Lipinski definition) is 23. The third-order valence-corrected chi connectivity index (χ3v) is 23.3. The fourth-order valence-electron chi connectivity index (χ4n) is 17.7. The van der Waals surface area contributed by atoms with E-state index in [1.807, 2.05) is 6.92 Å². The van der Waals surface area contributed by atoms with E-state index in [9.17, 15) is 70.9 Å². The molecule has 13 N–H and O–H groups in total. The Morgan fingerprint density at radius 3 is 1.94 bits per heavy atom. The number of ether oxygens (including phenoxy) is 8. The molecule has 0 aromatic rings. The van der Waals surface area contributed by atoms with E-state index in [0.29, 0.717) is 58.0 Å². The number of amides is 1. The van der Waals surface area contributed by atoms with E-state index in [1.165, 1.54) is 6.92 Å². The number of carbonyl (C=O) groups is 3. The molecule has 1 amide bonds. The molecule has 4 saturated heterocycles. The van der Waals surface area contributed by atoms with Crippen LogP contribution in [0.5, 0.6) is 0 Å². The summed E-state index contributed by atoms with van der Waals surface area (Å²) in [6, 6.07) is -1.38. The summed E-state index contributed by atoms with van der Waals surface area (Å²) >= 11 is 0. The van der Waals surface area contributed by atoms with Crippen molar-refractivity contribution in [1.82, 2.24) is 5.32 Å². The molecule has 0 spiro atoms. The maximum Gasteiger partial charge on any atom is 0.317 e. The first-order valence-electron chi connectivity index (χ1n) is 32.3. The predicted octanol–water partition coefficient (Wildman–Crippen LogP) is 1.05. The van der Waals surface area contributed by atoms with Crippen LogP contribution in [-0.2, 0) is 52.3 Å². The molecule has 0 bridgehead atoms. The number of aliphatic hydroxyl groups is 12. The van der Waals surface area contributed by atoms with Gasteiger partial charge in [0.25, 0.3) is 0 Å². The molecule has 4 aliphatic heterocycles. The fraction of sp³-hybridized carbons (Fsp3) is 0.921. The summed E-state index contributed by atoms with van der Waals surface area (Å²) in [5.74, 6) is -1.80. The van der Waals surface area contributed by atoms with Gasteiger partial charge in [-0.2, -0.15) is 0 Å². The zero-order valence-corrected chi connectivity index (χ0v) is 51.8. The molecular formula is C63H103NO23. The van der Waals surface area contributed by atoms with Crippen molar-refractivity contribution < 1.29 is 114 Å². The Hall–Kier alpha value is -2.41. The number of fused-ring (bicyclic) bond motifs is 7. The number of nitrogens with one attached hydrogen (secondary N) is 1. The summed E-state index contributed by atoms with van der Waals surface area (Å²) in [6.45, 7) is 13.1. The molecule has 0 aromatic heterocycles. The SMILES string of the molecule is C[C@H]1O[C@@H](OC2C(O)[C@@H](NC(=O)CCCCCCCCCCO[C@@H]3O[C@@H](CO)C(O)C3O)[C@@H](CO)O[C@H]2OC(=O)[C@]23CCC(C)(C)CC2C2=CCC4C5(C)CC[C@H](O)C(C)(C=O)[C@@H]5CCC4(C)[C@]2(C)C[C@@H]3O)C(O)C(O)[C@H]1O[C@@H]1OC[C@@H](O)C(O)C1O. The molecule has 498 valence electrons. The largest absolute Gasteiger partial charge is 0.432 e. The average Bonchev–Trinajstić information content (AvgIpc) is 0.957. The minimum Gasteiger partial charge on any atom is -0.432 e. The van der Waals surface area contributed by atoms with Crippen molar-refractivity contribution in [1.29, 1.82) is 0 Å². The van der Waals surface area contributed by atoms with Gasteiger partial charge in [-0.25, -0.2) is 0 Å². The van der Waals surface area contributed by atoms with Crippen LogP contribution in [0, 0.1) is 50.2 Å². The van der Waals surface area contributed by atoms with Crippen LogP contribution in [0.4, 0.5) is 0 Å². The molecule has 5 aliphatic carbocycles. The average molecular weight is 1240 g/mol. The summed E-state index contributed by atoms with van der Waals surface area (Å²) in [5, 5.41) is 134. The fourth-order valence-corrected chi connectivity index (χ4v) is 17.7. The van der Waals surface area contributed by atoms with Crippen molar-refractivity contribution in [2.75, 3.05) is 26.4 Å². The van der Waals surface area contributed by atoms with Crippen LogP contribution in [-0.4, -0.2) is 229 Å². The number of unbranched alkanes of at least 4 members (excludes halogenated alkanes) is 7. The van der Waals surface area contributed by atoms with Crippen LogP contribution in [0.3, 0.4) is 0 Å². The van der Waals surface area contributed by atoms with Crippen molar-refractivity contribution in [2.24, 2.45) is 50.2 Å². The van der Waals surface area contributed by atoms with Crippen LogP contribution in [0.1, 0.15) is 164 Å². The van der Waals surface area contributed by atoms with Crippen molar-refractivity contribution in [3.63, 3.8) is 0 Å². The summed E-state index contributed by atoms with van der Waals surface area (Å²) in [4.78, 5) is 42.3. The minimum absolute atomic E-state index is 0.0439. The highest BCUT2D eigenvalue weighted by Crippen LogP contribution is 2.76. The number of hydrogen-bond donors (Lipinski definition) is 13. The first kappa shape index (κ1) is 68.9. The normalized spacial score (nSPS) is 48.6. The van der Waals surface area contributed by atoms with Gasteiger partial charge in [-0.05, 0) is 117 Å². The molecule has 9 aliphatic rings. The molecule has 9 rings (SSSR count). The third-order valence-electron chi connectivity index (χ3n) is 23.3. The van der Waals surface area contributed by atoms with Crippen LogP contribution in [0.2, 0.25) is 0 Å². The van der Waals surface area contributed by atoms with E-state index in [2.05, 4.69) is 46.0 Å². The Bertz CT molecular complexity index is 2390. The number of allylic oxidation sites excluding steroid dienone is 2. The Labute approximate surface area is 510 Å². The first-order valence-corrected chi connectivity index (χ1v) is 32.3. The molecule has 0 radical (unpaired) electrons. The maximum absolute atomic E-state index is 15.7. The van der Waals surface area contributed by atoms with Crippen molar-refractivity contribution >= 4 is 18.2 Å². The number of esters is 1. The number of aldehydes is 1.